The van der Waals surface area contributed by atoms with Crippen molar-refractivity contribution in [2.75, 3.05) is 57.8 Å². The summed E-state index contributed by atoms with van der Waals surface area (Å²) in [4.78, 5) is 2.32. The van der Waals surface area contributed by atoms with Gasteiger partial charge in [0.05, 0.1) is 0 Å². The van der Waals surface area contributed by atoms with Gasteiger partial charge in [-0.15, -0.1) is 34.1 Å². The fourth-order valence-electron chi connectivity index (χ4n) is 9.72. The molecule has 463 valence electrons. The van der Waals surface area contributed by atoms with Gasteiger partial charge in [0, 0.05) is 69.9 Å². The first-order chi connectivity index (χ1) is 39.5. The van der Waals surface area contributed by atoms with Gasteiger partial charge in [-0.3, -0.25) is 0 Å². The Kier molecular flexibility index (Phi) is 29.7. The van der Waals surface area contributed by atoms with E-state index in [4.69, 9.17) is 34.9 Å². The molecule has 6 aromatic rings. The van der Waals surface area contributed by atoms with E-state index < -0.39 is 0 Å². The third kappa shape index (κ3) is 24.0. The molecule has 0 aromatic heterocycles. The van der Waals surface area contributed by atoms with Gasteiger partial charge in [-0.25, -0.2) is 0 Å². The van der Waals surface area contributed by atoms with Crippen molar-refractivity contribution < 1.29 is 87.4 Å². The number of hydrogen-bond acceptors (Lipinski definition) is 5. The predicted octanol–water partition coefficient (Wildman–Crippen LogP) is 20.1. The Hall–Kier alpha value is -3.48. The maximum atomic E-state index is 5.54. The molecule has 0 bridgehead atoms. The Bertz CT molecular complexity index is 2520. The molecule has 0 amide bonds. The van der Waals surface area contributed by atoms with Crippen LogP contribution < -0.4 is 56.3 Å². The van der Waals surface area contributed by atoms with Gasteiger partial charge in [0.1, 0.15) is 0 Å². The number of ether oxygens (including phenoxy) is 4. The largest absolute Gasteiger partial charge is 3.00 e. The van der Waals surface area contributed by atoms with Crippen molar-refractivity contribution in [2.45, 2.75) is 208 Å². The van der Waals surface area contributed by atoms with Crippen LogP contribution in [0.1, 0.15) is 209 Å². The van der Waals surface area contributed by atoms with E-state index in [0.717, 1.165) is 104 Å². The molecule has 0 atom stereocenters. The van der Waals surface area contributed by atoms with Gasteiger partial charge in [0.2, 0.25) is 0 Å². The van der Waals surface area contributed by atoms with Crippen LogP contribution in [0.4, 0.5) is 51.2 Å². The third-order valence-electron chi connectivity index (χ3n) is 15.4. The molecular weight excluding hydrogens is 1130 g/mol. The van der Waals surface area contributed by atoms with E-state index in [2.05, 4.69) is 257 Å². The van der Waals surface area contributed by atoms with Crippen LogP contribution >= 0.6 is 0 Å². The van der Waals surface area contributed by atoms with E-state index in [1.54, 1.807) is 0 Å². The fraction of sp³-hybridized carbons (Fsp3) is 0.526. The summed E-state index contributed by atoms with van der Waals surface area (Å²) < 4.78 is 19.8. The zero-order chi connectivity index (χ0) is 61.4. The second-order valence-electron chi connectivity index (χ2n) is 29.2. The summed E-state index contributed by atoms with van der Waals surface area (Å²) in [6.07, 6.45) is 10.2. The normalized spacial score (nSPS) is 15.1. The maximum Gasteiger partial charge on any atom is 3.00 e. The predicted molar refractivity (Wildman–Crippen MR) is 361 cm³/mol. The Morgan fingerprint density at radius 3 is 0.605 bits per heavy atom. The first kappa shape index (κ1) is 75.0. The monoisotopic (exact) mass is 1230 g/mol. The number of para-hydroxylation sites is 6. The van der Waals surface area contributed by atoms with Crippen LogP contribution in [0.15, 0.2) is 127 Å². The van der Waals surface area contributed by atoms with Gasteiger partial charge in [-0.2, -0.15) is 0 Å². The number of rotatable bonds is 9. The SMILES string of the molecule is C1CCOC1.C1CCOC1.C1CCOC1.C1CCOC1.CC(C)(C)c1cc([N-]c2ccccc2N(c2ccccc2[N-]c2cc(C(C)(C)C)cc(C(C)(C)C)c2)c2ccccc2[N-]c2cc(C(C)(C)C)cc(C(C)(C)C)c2)cc(C(C)(C)C)c1.[Fe+3].[K+]. The van der Waals surface area contributed by atoms with Crippen molar-refractivity contribution in [1.29, 1.82) is 0 Å². The molecule has 0 saturated carbocycles. The smallest absolute Gasteiger partial charge is 0.656 e. The van der Waals surface area contributed by atoms with Crippen LogP contribution in [0.2, 0.25) is 0 Å². The number of hydrogen-bond donors (Lipinski definition) is 0. The molecule has 6 aromatic carbocycles. The molecular formula is C76H107FeKN4O4+. The van der Waals surface area contributed by atoms with E-state index in [1.165, 1.54) is 84.7 Å². The summed E-state index contributed by atoms with van der Waals surface area (Å²) in [5, 5.41) is 16.6. The molecule has 1 radical (unpaired) electrons. The zero-order valence-electron chi connectivity index (χ0n) is 56.7. The molecule has 0 N–H and O–H groups in total. The second kappa shape index (κ2) is 34.1. The summed E-state index contributed by atoms with van der Waals surface area (Å²) in [6, 6.07) is 46.1. The van der Waals surface area contributed by atoms with E-state index in [0.29, 0.717) is 0 Å². The van der Waals surface area contributed by atoms with Gasteiger partial charge >= 0.3 is 68.5 Å². The summed E-state index contributed by atoms with van der Waals surface area (Å²) >= 11 is 0. The Labute approximate surface area is 576 Å². The quantitative estimate of drug-likeness (QED) is 0.135. The summed E-state index contributed by atoms with van der Waals surface area (Å²) in [5.41, 5.74) is 15.5. The maximum absolute atomic E-state index is 5.54. The number of benzene rings is 6. The summed E-state index contributed by atoms with van der Waals surface area (Å²) in [5.74, 6) is 0. The van der Waals surface area contributed by atoms with Gasteiger partial charge in [0.25, 0.3) is 0 Å². The van der Waals surface area contributed by atoms with Gasteiger partial charge in [-0.1, -0.05) is 234 Å². The molecule has 0 unspecified atom stereocenters. The van der Waals surface area contributed by atoms with Crippen molar-refractivity contribution in [1.82, 2.24) is 0 Å². The standard InChI is InChI=1S/C60H75N4.4C4H8O.Fe.K/c1-55(2,3)40-31-41(56(4,5)6)35-46(34-40)61-49-25-19-22-28-52(49)64(53-29-23-20-26-50(53)62-47-36-42(57(7,8)9)32-43(37-47)58(10,11)12)54-30-24-21-27-51(54)63-48-38-44(59(13,14)15)33-45(39-48)60(16,17)18;4*1-2-4-5-3-1;;/h19-39H,1-18H3;4*1-4H2;;/q-3;;;;;+3;+1. The number of anilines is 3. The summed E-state index contributed by atoms with van der Waals surface area (Å²) in [6.45, 7) is 49.0. The van der Waals surface area contributed by atoms with Crippen molar-refractivity contribution in [2.24, 2.45) is 0 Å². The minimum atomic E-state index is -0.0493. The van der Waals surface area contributed by atoms with Crippen LogP contribution in [-0.4, -0.2) is 52.9 Å². The minimum absolute atomic E-state index is 0. The average Bonchev–Trinajstić information content (AvgIpc) is 0.992. The Balaban J connectivity index is 0.000000602. The first-order valence-electron chi connectivity index (χ1n) is 31.5. The van der Waals surface area contributed by atoms with Gasteiger partial charge in [0.15, 0.2) is 0 Å². The molecule has 4 aliphatic rings. The molecule has 4 fully saturated rings. The molecule has 8 nitrogen and oxygen atoms in total. The molecule has 4 heterocycles. The molecule has 10 heteroatoms. The van der Waals surface area contributed by atoms with Crippen LogP contribution in [0.3, 0.4) is 0 Å². The topological polar surface area (TPSA) is 82.5 Å². The van der Waals surface area contributed by atoms with Crippen LogP contribution in [0, 0.1) is 0 Å². The van der Waals surface area contributed by atoms with Gasteiger partial charge < -0.3 is 39.8 Å². The van der Waals surface area contributed by atoms with E-state index >= 15 is 0 Å². The Morgan fingerprint density at radius 1 is 0.279 bits per heavy atom. The van der Waals surface area contributed by atoms with Crippen LogP contribution in [0.5, 0.6) is 0 Å². The third-order valence-corrected chi connectivity index (χ3v) is 15.4. The van der Waals surface area contributed by atoms with E-state index in [1.807, 2.05) is 0 Å². The summed E-state index contributed by atoms with van der Waals surface area (Å²) in [7, 11) is 0. The zero-order valence-corrected chi connectivity index (χ0v) is 60.9. The van der Waals surface area contributed by atoms with Crippen LogP contribution in [-0.2, 0) is 68.5 Å². The average molecular weight is 1240 g/mol. The second-order valence-corrected chi connectivity index (χ2v) is 29.2. The van der Waals surface area contributed by atoms with E-state index in [9.17, 15) is 0 Å². The van der Waals surface area contributed by atoms with Crippen molar-refractivity contribution in [3.05, 3.63) is 177 Å². The molecule has 4 aliphatic heterocycles. The first-order valence-corrected chi connectivity index (χ1v) is 31.5. The van der Waals surface area contributed by atoms with Gasteiger partial charge in [-0.05, 0) is 135 Å². The molecule has 86 heavy (non-hydrogen) atoms. The van der Waals surface area contributed by atoms with Crippen molar-refractivity contribution in [3.8, 4) is 0 Å². The molecule has 10 rings (SSSR count). The molecule has 0 spiro atoms. The van der Waals surface area contributed by atoms with E-state index in [-0.39, 0.29) is 101 Å². The fourth-order valence-corrected chi connectivity index (χ4v) is 9.72. The Morgan fingerprint density at radius 2 is 0.453 bits per heavy atom. The number of nitrogens with zero attached hydrogens (tertiary/aromatic N) is 4. The molecule has 4 saturated heterocycles. The van der Waals surface area contributed by atoms with Crippen LogP contribution in [0.25, 0.3) is 16.0 Å². The molecule has 0 aliphatic carbocycles. The van der Waals surface area contributed by atoms with Crippen molar-refractivity contribution in [3.63, 3.8) is 0 Å². The van der Waals surface area contributed by atoms with Crippen molar-refractivity contribution >= 4 is 51.2 Å². The minimum Gasteiger partial charge on any atom is -0.656 e.